The van der Waals surface area contributed by atoms with Crippen molar-refractivity contribution in [3.63, 3.8) is 0 Å². The van der Waals surface area contributed by atoms with Crippen LogP contribution in [0.15, 0.2) is 42.7 Å². The zero-order valence-electron chi connectivity index (χ0n) is 16.4. The van der Waals surface area contributed by atoms with E-state index in [0.717, 1.165) is 35.2 Å². The molecule has 6 nitrogen and oxygen atoms in total. The summed E-state index contributed by atoms with van der Waals surface area (Å²) in [5.74, 6) is -0.267. The molecule has 2 heterocycles. The van der Waals surface area contributed by atoms with E-state index in [2.05, 4.69) is 42.3 Å². The Morgan fingerprint density at radius 2 is 2.00 bits per heavy atom. The third-order valence-corrected chi connectivity index (χ3v) is 5.40. The zero-order chi connectivity index (χ0) is 19.8. The van der Waals surface area contributed by atoms with Gasteiger partial charge >= 0.3 is 0 Å². The molecule has 3 aromatic rings. The number of aromatic nitrogens is 2. The molecule has 0 bridgehead atoms. The minimum atomic E-state index is -0.450. The average Bonchev–Trinajstić information content (AvgIpc) is 3.10. The maximum atomic E-state index is 12.7. The van der Waals surface area contributed by atoms with Crippen LogP contribution < -0.4 is 5.32 Å². The van der Waals surface area contributed by atoms with Crippen LogP contribution >= 0.6 is 0 Å². The zero-order valence-corrected chi connectivity index (χ0v) is 16.4. The van der Waals surface area contributed by atoms with Crippen molar-refractivity contribution in [1.82, 2.24) is 19.8 Å². The molecule has 6 heteroatoms. The van der Waals surface area contributed by atoms with Gasteiger partial charge in [0.1, 0.15) is 12.4 Å². The van der Waals surface area contributed by atoms with Gasteiger partial charge in [0.2, 0.25) is 5.91 Å². The molecular formula is C22H24N4O2. The summed E-state index contributed by atoms with van der Waals surface area (Å²) >= 11 is 0. The van der Waals surface area contributed by atoms with E-state index < -0.39 is 6.04 Å². The van der Waals surface area contributed by atoms with Crippen molar-refractivity contribution in [3.8, 4) is 5.69 Å². The number of rotatable bonds is 3. The summed E-state index contributed by atoms with van der Waals surface area (Å²) in [5, 5.41) is 2.87. The van der Waals surface area contributed by atoms with E-state index in [-0.39, 0.29) is 11.8 Å². The highest BCUT2D eigenvalue weighted by molar-refractivity contribution is 6.00. The fraction of sp³-hybridized carbons (Fsp3) is 0.318. The van der Waals surface area contributed by atoms with E-state index in [1.54, 1.807) is 30.4 Å². The van der Waals surface area contributed by atoms with Gasteiger partial charge in [0.25, 0.3) is 5.91 Å². The van der Waals surface area contributed by atoms with Gasteiger partial charge in [0, 0.05) is 19.2 Å². The molecule has 0 radical (unpaired) electrons. The molecule has 28 heavy (non-hydrogen) atoms. The molecule has 2 amide bonds. The molecule has 1 saturated heterocycles. The maximum Gasteiger partial charge on any atom is 0.252 e. The molecule has 1 aromatic heterocycles. The lowest BCUT2D eigenvalue weighted by Gasteiger charge is -2.29. The number of nitrogens with one attached hydrogen (secondary N) is 1. The third kappa shape index (κ3) is 3.26. The first-order valence-corrected chi connectivity index (χ1v) is 9.54. The minimum absolute atomic E-state index is 0.0279. The van der Waals surface area contributed by atoms with E-state index >= 15 is 0 Å². The van der Waals surface area contributed by atoms with Gasteiger partial charge in [-0.2, -0.15) is 0 Å². The Morgan fingerprint density at radius 1 is 1.18 bits per heavy atom. The minimum Gasteiger partial charge on any atom is -0.344 e. The van der Waals surface area contributed by atoms with Gasteiger partial charge in [-0.25, -0.2) is 4.98 Å². The Hall–Kier alpha value is -3.15. The fourth-order valence-electron chi connectivity index (χ4n) is 3.73. The number of fused-ring (bicyclic) bond motifs is 1. The molecule has 2 aromatic carbocycles. The highest BCUT2D eigenvalue weighted by Gasteiger charge is 2.28. The molecular weight excluding hydrogens is 352 g/mol. The summed E-state index contributed by atoms with van der Waals surface area (Å²) in [6.07, 6.45) is 3.36. The molecule has 1 aliphatic heterocycles. The van der Waals surface area contributed by atoms with Crippen molar-refractivity contribution >= 4 is 22.8 Å². The number of carbonyl (C=O) groups is 2. The molecule has 0 aliphatic carbocycles. The van der Waals surface area contributed by atoms with Gasteiger partial charge in [0.05, 0.1) is 16.7 Å². The molecule has 1 unspecified atom stereocenters. The van der Waals surface area contributed by atoms with E-state index in [4.69, 9.17) is 0 Å². The summed E-state index contributed by atoms with van der Waals surface area (Å²) in [4.78, 5) is 31.0. The number of hydrogen-bond donors (Lipinski definition) is 1. The van der Waals surface area contributed by atoms with Crippen LogP contribution in [0.2, 0.25) is 0 Å². The van der Waals surface area contributed by atoms with Crippen LogP contribution in [0.25, 0.3) is 16.7 Å². The second-order valence-electron chi connectivity index (χ2n) is 7.54. The summed E-state index contributed by atoms with van der Waals surface area (Å²) < 4.78 is 2.04. The number of nitrogens with zero attached hydrogens (tertiary/aromatic N) is 3. The number of likely N-dealkylation sites (tertiary alicyclic amines) is 1. The topological polar surface area (TPSA) is 67.2 Å². The largest absolute Gasteiger partial charge is 0.344 e. The second-order valence-corrected chi connectivity index (χ2v) is 7.54. The van der Waals surface area contributed by atoms with Crippen LogP contribution in [0.3, 0.4) is 0 Å². The fourth-order valence-corrected chi connectivity index (χ4v) is 3.73. The lowest BCUT2D eigenvalue weighted by Crippen LogP contribution is -2.50. The van der Waals surface area contributed by atoms with Crippen LogP contribution in [-0.4, -0.2) is 45.9 Å². The quantitative estimate of drug-likeness (QED) is 0.764. The van der Waals surface area contributed by atoms with Crippen molar-refractivity contribution in [2.45, 2.75) is 32.7 Å². The number of imidazole rings is 1. The van der Waals surface area contributed by atoms with Crippen LogP contribution in [0, 0.1) is 13.8 Å². The van der Waals surface area contributed by atoms with Crippen LogP contribution in [0.4, 0.5) is 0 Å². The number of benzene rings is 2. The van der Waals surface area contributed by atoms with Crippen molar-refractivity contribution in [2.24, 2.45) is 0 Å². The average molecular weight is 376 g/mol. The van der Waals surface area contributed by atoms with Gasteiger partial charge in [-0.15, -0.1) is 0 Å². The van der Waals surface area contributed by atoms with Crippen molar-refractivity contribution in [1.29, 1.82) is 0 Å². The Kier molecular flexibility index (Phi) is 4.63. The normalized spacial score (nSPS) is 17.2. The van der Waals surface area contributed by atoms with Crippen LogP contribution in [0.1, 0.15) is 34.3 Å². The number of carbonyl (C=O) groups excluding carboxylic acids is 2. The predicted molar refractivity (Wildman–Crippen MR) is 109 cm³/mol. The molecule has 144 valence electrons. The van der Waals surface area contributed by atoms with E-state index in [0.29, 0.717) is 12.0 Å². The van der Waals surface area contributed by atoms with Crippen molar-refractivity contribution in [3.05, 3.63) is 59.4 Å². The first-order valence-electron chi connectivity index (χ1n) is 9.54. The Labute approximate surface area is 164 Å². The first kappa shape index (κ1) is 18.2. The van der Waals surface area contributed by atoms with Gasteiger partial charge in [-0.1, -0.05) is 12.1 Å². The van der Waals surface area contributed by atoms with Crippen molar-refractivity contribution in [2.75, 3.05) is 13.6 Å². The van der Waals surface area contributed by atoms with Crippen molar-refractivity contribution < 1.29 is 9.59 Å². The van der Waals surface area contributed by atoms with Gasteiger partial charge in [-0.05, 0) is 62.1 Å². The van der Waals surface area contributed by atoms with E-state index in [9.17, 15) is 9.59 Å². The summed E-state index contributed by atoms with van der Waals surface area (Å²) in [5.41, 5.74) is 5.63. The smallest absolute Gasteiger partial charge is 0.252 e. The summed E-state index contributed by atoms with van der Waals surface area (Å²) in [6, 6.07) is 11.3. The number of amides is 2. The SMILES string of the molecule is Cc1ccc(C)c(-n2cnc3cc(C(=O)NC4CCCN(C)C4=O)ccc32)c1. The highest BCUT2D eigenvalue weighted by atomic mass is 16.2. The lowest BCUT2D eigenvalue weighted by atomic mass is 10.0. The summed E-state index contributed by atoms with van der Waals surface area (Å²) in [7, 11) is 1.77. The molecule has 1 aliphatic rings. The molecule has 0 saturated carbocycles. The number of aryl methyl sites for hydroxylation is 2. The van der Waals surface area contributed by atoms with Gasteiger partial charge in [-0.3, -0.25) is 14.2 Å². The predicted octanol–water partition coefficient (Wildman–Crippen LogP) is 2.99. The van der Waals surface area contributed by atoms with Gasteiger partial charge in [0.15, 0.2) is 0 Å². The molecule has 1 fully saturated rings. The van der Waals surface area contributed by atoms with E-state index in [1.165, 1.54) is 5.56 Å². The first-order chi connectivity index (χ1) is 13.4. The molecule has 1 atom stereocenters. The Morgan fingerprint density at radius 3 is 2.82 bits per heavy atom. The molecule has 0 spiro atoms. The Bertz CT molecular complexity index is 1070. The molecule has 4 rings (SSSR count). The lowest BCUT2D eigenvalue weighted by molar-refractivity contribution is -0.134. The third-order valence-electron chi connectivity index (χ3n) is 5.40. The number of likely N-dealkylation sites (N-methyl/N-ethyl adjacent to an activating group) is 1. The number of piperidine rings is 1. The Balaban J connectivity index is 1.61. The van der Waals surface area contributed by atoms with Crippen LogP contribution in [0.5, 0.6) is 0 Å². The molecule has 1 N–H and O–H groups in total. The maximum absolute atomic E-state index is 12.7. The van der Waals surface area contributed by atoms with E-state index in [1.807, 2.05) is 10.6 Å². The second kappa shape index (κ2) is 7.11. The number of hydrogen-bond acceptors (Lipinski definition) is 3. The van der Waals surface area contributed by atoms with Gasteiger partial charge < -0.3 is 10.2 Å². The van der Waals surface area contributed by atoms with Crippen LogP contribution in [-0.2, 0) is 4.79 Å². The summed E-state index contributed by atoms with van der Waals surface area (Å²) in [6.45, 7) is 4.88. The monoisotopic (exact) mass is 376 g/mol. The standard InChI is InChI=1S/C22H24N4O2/c1-14-6-7-15(2)20(11-14)26-13-23-18-12-16(8-9-19(18)26)21(27)24-17-5-4-10-25(3)22(17)28/h6-9,11-13,17H,4-5,10H2,1-3H3,(H,24,27). The highest BCUT2D eigenvalue weighted by Crippen LogP contribution is 2.23.